The molecule has 0 atom stereocenters. The largest absolute Gasteiger partial charge is 0.497 e. The fraction of sp³-hybridized carbons (Fsp3) is 0.429. The van der Waals surface area contributed by atoms with Crippen molar-refractivity contribution in [1.29, 1.82) is 0 Å². The van der Waals surface area contributed by atoms with Gasteiger partial charge in [-0.05, 0) is 41.9 Å². The third kappa shape index (κ3) is 4.66. The zero-order valence-corrected chi connectivity index (χ0v) is 17.6. The smallest absolute Gasteiger partial charge is 0.220 e. The maximum atomic E-state index is 13.3. The molecule has 3 rings (SSSR count). The summed E-state index contributed by atoms with van der Waals surface area (Å²) in [6, 6.07) is 15.5. The predicted molar refractivity (Wildman–Crippen MR) is 113 cm³/mol. The van der Waals surface area contributed by atoms with Gasteiger partial charge in [0, 0.05) is 38.9 Å². The summed E-state index contributed by atoms with van der Waals surface area (Å²) in [5.41, 5.74) is 2.93. The summed E-state index contributed by atoms with van der Waals surface area (Å²) in [6.45, 7) is 4.87. The Bertz CT molecular complexity index is 811. The van der Waals surface area contributed by atoms with E-state index in [4.69, 9.17) is 4.74 Å². The minimum absolute atomic E-state index is 0.331. The second kappa shape index (κ2) is 8.94. The van der Waals surface area contributed by atoms with Crippen molar-refractivity contribution in [3.8, 4) is 5.75 Å². The molecule has 28 heavy (non-hydrogen) atoms. The fourth-order valence-corrected chi connectivity index (χ4v) is 5.21. The van der Waals surface area contributed by atoms with Gasteiger partial charge >= 0.3 is 0 Å². The molecule has 1 saturated heterocycles. The Labute approximate surface area is 168 Å². The summed E-state index contributed by atoms with van der Waals surface area (Å²) >= 11 is 0. The van der Waals surface area contributed by atoms with Crippen molar-refractivity contribution >= 4 is 15.7 Å². The number of methoxy groups -OCH3 is 1. The molecule has 0 aromatic heterocycles. The zero-order valence-electron chi connectivity index (χ0n) is 16.8. The van der Waals surface area contributed by atoms with Crippen LogP contribution in [-0.4, -0.2) is 56.7 Å². The van der Waals surface area contributed by atoms with Crippen LogP contribution in [0.2, 0.25) is 0 Å². The average Bonchev–Trinajstić information content (AvgIpc) is 2.67. The molecule has 1 aliphatic heterocycles. The van der Waals surface area contributed by atoms with E-state index in [1.807, 2.05) is 55.6 Å². The molecule has 0 saturated carbocycles. The summed E-state index contributed by atoms with van der Waals surface area (Å²) < 4.78 is 33.4. The van der Waals surface area contributed by atoms with Crippen molar-refractivity contribution in [3.63, 3.8) is 0 Å². The van der Waals surface area contributed by atoms with Crippen molar-refractivity contribution in [2.45, 2.75) is 25.3 Å². The van der Waals surface area contributed by atoms with Crippen molar-refractivity contribution in [2.24, 2.45) is 0 Å². The molecule has 2 aromatic rings. The highest BCUT2D eigenvalue weighted by Crippen LogP contribution is 2.24. The molecule has 0 aliphatic carbocycles. The third-order valence-electron chi connectivity index (χ3n) is 5.27. The Morgan fingerprint density at radius 1 is 1.04 bits per heavy atom. The van der Waals surface area contributed by atoms with Crippen LogP contribution < -0.4 is 10.1 Å². The highest BCUT2D eigenvalue weighted by atomic mass is 32.2. The number of likely N-dealkylation sites (tertiary alicyclic amines) is 1. The van der Waals surface area contributed by atoms with Gasteiger partial charge < -0.3 is 15.0 Å². The van der Waals surface area contributed by atoms with Crippen LogP contribution in [0, 0.1) is 0 Å². The molecule has 1 N–H and O–H groups in total. The molecule has 6 nitrogen and oxygen atoms in total. The molecule has 152 valence electrons. The topological polar surface area (TPSA) is 61.9 Å². The average molecular weight is 404 g/mol. The van der Waals surface area contributed by atoms with Crippen LogP contribution in [0.5, 0.6) is 5.75 Å². The number of hydrogen-bond donors (Lipinski definition) is 1. The number of nitrogens with one attached hydrogen (secondary N) is 1. The van der Waals surface area contributed by atoms with Crippen LogP contribution >= 0.6 is 0 Å². The number of sulfonamides is 1. The van der Waals surface area contributed by atoms with E-state index in [1.165, 1.54) is 0 Å². The van der Waals surface area contributed by atoms with Crippen LogP contribution in [0.1, 0.15) is 18.1 Å². The van der Waals surface area contributed by atoms with Crippen LogP contribution in [-0.2, 0) is 23.1 Å². The number of rotatable bonds is 9. The molecule has 0 amide bonds. The van der Waals surface area contributed by atoms with Gasteiger partial charge in [0.2, 0.25) is 10.0 Å². The van der Waals surface area contributed by atoms with Gasteiger partial charge in [0.1, 0.15) is 11.0 Å². The maximum absolute atomic E-state index is 13.3. The lowest BCUT2D eigenvalue weighted by atomic mass is 10.2. The van der Waals surface area contributed by atoms with Gasteiger partial charge in [-0.3, -0.25) is 0 Å². The molecule has 2 aromatic carbocycles. The number of nitrogens with zero attached hydrogens (tertiary/aromatic N) is 2. The van der Waals surface area contributed by atoms with Crippen LogP contribution in [0.25, 0.3) is 0 Å². The third-order valence-corrected chi connectivity index (χ3v) is 7.39. The van der Waals surface area contributed by atoms with Gasteiger partial charge in [-0.2, -0.15) is 4.31 Å². The van der Waals surface area contributed by atoms with E-state index in [-0.39, 0.29) is 5.25 Å². The predicted octanol–water partition coefficient (Wildman–Crippen LogP) is 2.77. The molecule has 0 radical (unpaired) electrons. The molecular formula is C21H29N3O3S. The van der Waals surface area contributed by atoms with E-state index in [1.54, 1.807) is 11.4 Å². The standard InChI is InChI=1S/C21H29N3O3S/c1-4-23-15-21(16-23)28(25,26)24(13-17-5-9-19(22-2)10-6-17)14-18-7-11-20(27-3)12-8-18/h5-12,21-22H,4,13-16H2,1-3H3. The van der Waals surface area contributed by atoms with Gasteiger partial charge in [0.15, 0.2) is 0 Å². The lowest BCUT2D eigenvalue weighted by Crippen LogP contribution is -2.57. The van der Waals surface area contributed by atoms with E-state index < -0.39 is 10.0 Å². The van der Waals surface area contributed by atoms with Gasteiger partial charge in [-0.1, -0.05) is 31.2 Å². The molecule has 7 heteroatoms. The van der Waals surface area contributed by atoms with Gasteiger partial charge in [-0.15, -0.1) is 0 Å². The number of ether oxygens (including phenoxy) is 1. The van der Waals surface area contributed by atoms with E-state index >= 15 is 0 Å². The van der Waals surface area contributed by atoms with Crippen LogP contribution in [0.4, 0.5) is 5.69 Å². The highest BCUT2D eigenvalue weighted by molar-refractivity contribution is 7.89. The van der Waals surface area contributed by atoms with Crippen molar-refractivity contribution in [1.82, 2.24) is 9.21 Å². The van der Waals surface area contributed by atoms with Crippen molar-refractivity contribution in [2.75, 3.05) is 39.1 Å². The minimum atomic E-state index is -3.39. The normalized spacial score (nSPS) is 15.4. The molecular weight excluding hydrogens is 374 g/mol. The van der Waals surface area contributed by atoms with Crippen LogP contribution in [0.15, 0.2) is 48.5 Å². The molecule has 0 bridgehead atoms. The maximum Gasteiger partial charge on any atom is 0.220 e. The first-order chi connectivity index (χ1) is 13.5. The van der Waals surface area contributed by atoms with Crippen molar-refractivity contribution < 1.29 is 13.2 Å². The highest BCUT2D eigenvalue weighted by Gasteiger charge is 2.40. The van der Waals surface area contributed by atoms with Gasteiger partial charge in [0.05, 0.1) is 7.11 Å². The second-order valence-corrected chi connectivity index (χ2v) is 9.30. The molecule has 1 fully saturated rings. The van der Waals surface area contributed by atoms with Crippen molar-refractivity contribution in [3.05, 3.63) is 59.7 Å². The summed E-state index contributed by atoms with van der Waals surface area (Å²) in [5.74, 6) is 0.762. The van der Waals surface area contributed by atoms with E-state index in [2.05, 4.69) is 17.1 Å². The lowest BCUT2D eigenvalue weighted by molar-refractivity contribution is 0.189. The van der Waals surface area contributed by atoms with E-state index in [0.717, 1.165) is 29.1 Å². The number of hydrogen-bond acceptors (Lipinski definition) is 5. The summed E-state index contributed by atoms with van der Waals surface area (Å²) in [6.07, 6.45) is 0. The summed E-state index contributed by atoms with van der Waals surface area (Å²) in [5, 5.41) is 2.76. The van der Waals surface area contributed by atoms with Crippen LogP contribution in [0.3, 0.4) is 0 Å². The lowest BCUT2D eigenvalue weighted by Gasteiger charge is -2.40. The SMILES string of the molecule is CCN1CC(S(=O)(=O)N(Cc2ccc(NC)cc2)Cc2ccc(OC)cc2)C1. The molecule has 0 unspecified atom stereocenters. The number of anilines is 1. The van der Waals surface area contributed by atoms with Gasteiger partial charge in [-0.25, -0.2) is 8.42 Å². The fourth-order valence-electron chi connectivity index (χ4n) is 3.33. The summed E-state index contributed by atoms with van der Waals surface area (Å²) in [4.78, 5) is 2.15. The zero-order chi connectivity index (χ0) is 20.1. The first-order valence-corrected chi connectivity index (χ1v) is 11.1. The Kier molecular flexibility index (Phi) is 6.59. The Balaban J connectivity index is 1.81. The first-order valence-electron chi connectivity index (χ1n) is 9.57. The summed E-state index contributed by atoms with van der Waals surface area (Å²) in [7, 11) is 0.0980. The Morgan fingerprint density at radius 3 is 2.04 bits per heavy atom. The first kappa shape index (κ1) is 20.6. The Hall–Kier alpha value is -2.09. The molecule has 1 heterocycles. The quantitative estimate of drug-likeness (QED) is 0.698. The van der Waals surface area contributed by atoms with E-state index in [0.29, 0.717) is 26.2 Å². The number of benzene rings is 2. The second-order valence-electron chi connectivity index (χ2n) is 7.08. The molecule has 1 aliphatic rings. The van der Waals surface area contributed by atoms with E-state index in [9.17, 15) is 8.42 Å². The van der Waals surface area contributed by atoms with Gasteiger partial charge in [0.25, 0.3) is 0 Å². The minimum Gasteiger partial charge on any atom is -0.497 e. The Morgan fingerprint density at radius 2 is 1.57 bits per heavy atom. The monoisotopic (exact) mass is 403 g/mol. The molecule has 0 spiro atoms.